The minimum Gasteiger partial charge on any atom is -0.497 e. The first-order chi connectivity index (χ1) is 10.1. The van der Waals surface area contributed by atoms with E-state index >= 15 is 0 Å². The Morgan fingerprint density at radius 1 is 1.14 bits per heavy atom. The van der Waals surface area contributed by atoms with Crippen LogP contribution in [0.15, 0.2) is 42.5 Å². The molecule has 112 valence electrons. The molecule has 2 aromatic carbocycles. The van der Waals surface area contributed by atoms with Crippen LogP contribution in [0.25, 0.3) is 0 Å². The molecule has 0 aromatic heterocycles. The first kappa shape index (κ1) is 15.0. The van der Waals surface area contributed by atoms with Gasteiger partial charge in [0.15, 0.2) is 0 Å². The number of halogens is 3. The fourth-order valence-electron chi connectivity index (χ4n) is 1.81. The highest BCUT2D eigenvalue weighted by atomic mass is 19.3. The van der Waals surface area contributed by atoms with E-state index in [0.717, 1.165) is 0 Å². The molecule has 0 spiro atoms. The van der Waals surface area contributed by atoms with Gasteiger partial charge in [-0.15, -0.1) is 0 Å². The second-order valence-electron chi connectivity index (χ2n) is 4.19. The van der Waals surface area contributed by atoms with Crippen LogP contribution in [-0.2, 0) is 6.54 Å². The normalized spacial score (nSPS) is 10.5. The van der Waals surface area contributed by atoms with Crippen LogP contribution in [0.3, 0.4) is 0 Å². The fraction of sp³-hybridized carbons (Fsp3) is 0.200. The van der Waals surface area contributed by atoms with Crippen molar-refractivity contribution in [2.75, 3.05) is 12.4 Å². The summed E-state index contributed by atoms with van der Waals surface area (Å²) < 4.78 is 47.7. The molecule has 0 bridgehead atoms. The van der Waals surface area contributed by atoms with Crippen LogP contribution >= 0.6 is 0 Å². The summed E-state index contributed by atoms with van der Waals surface area (Å²) in [5.74, 6) is 0.0824. The maximum atomic E-state index is 13.5. The summed E-state index contributed by atoms with van der Waals surface area (Å²) >= 11 is 0. The largest absolute Gasteiger partial charge is 0.497 e. The first-order valence-corrected chi connectivity index (χ1v) is 6.20. The molecule has 0 heterocycles. The lowest BCUT2D eigenvalue weighted by molar-refractivity contribution is -0.0494. The van der Waals surface area contributed by atoms with Gasteiger partial charge in [-0.1, -0.05) is 18.2 Å². The van der Waals surface area contributed by atoms with Crippen LogP contribution < -0.4 is 14.8 Å². The average Bonchev–Trinajstić information content (AvgIpc) is 2.47. The third-order valence-corrected chi connectivity index (χ3v) is 2.83. The van der Waals surface area contributed by atoms with Crippen LogP contribution in [-0.4, -0.2) is 13.7 Å². The number of hydrogen-bond donors (Lipinski definition) is 1. The molecular formula is C15H14F3NO2. The standard InChI is InChI=1S/C15H14F3NO2/c1-20-11-6-7-14(21-15(17)18)13(8-11)19-9-10-4-2-3-5-12(10)16/h2-8,15,19H,9H2,1H3. The molecule has 0 aliphatic rings. The van der Waals surface area contributed by atoms with Crippen molar-refractivity contribution < 1.29 is 22.6 Å². The molecule has 0 amide bonds. The van der Waals surface area contributed by atoms with E-state index in [0.29, 0.717) is 17.0 Å². The molecule has 2 aromatic rings. The second kappa shape index (κ2) is 6.88. The summed E-state index contributed by atoms with van der Waals surface area (Å²) in [5.41, 5.74) is 0.723. The van der Waals surface area contributed by atoms with Crippen molar-refractivity contribution in [1.29, 1.82) is 0 Å². The lowest BCUT2D eigenvalue weighted by Crippen LogP contribution is -2.07. The van der Waals surface area contributed by atoms with Gasteiger partial charge in [0.25, 0.3) is 0 Å². The molecule has 0 radical (unpaired) electrons. The predicted octanol–water partition coefficient (Wildman–Crippen LogP) is 4.05. The third-order valence-electron chi connectivity index (χ3n) is 2.83. The molecular weight excluding hydrogens is 283 g/mol. The van der Waals surface area contributed by atoms with Crippen molar-refractivity contribution in [3.8, 4) is 11.5 Å². The zero-order chi connectivity index (χ0) is 15.2. The minimum atomic E-state index is -2.94. The first-order valence-electron chi connectivity index (χ1n) is 6.20. The highest BCUT2D eigenvalue weighted by Crippen LogP contribution is 2.31. The predicted molar refractivity (Wildman–Crippen MR) is 73.4 cm³/mol. The highest BCUT2D eigenvalue weighted by Gasteiger charge is 2.11. The number of nitrogens with one attached hydrogen (secondary N) is 1. The molecule has 3 nitrogen and oxygen atoms in total. The van der Waals surface area contributed by atoms with Gasteiger partial charge in [-0.05, 0) is 18.2 Å². The maximum Gasteiger partial charge on any atom is 0.387 e. The Balaban J connectivity index is 2.18. The van der Waals surface area contributed by atoms with Crippen LogP contribution in [0.5, 0.6) is 11.5 Å². The van der Waals surface area contributed by atoms with Crippen LogP contribution in [0.2, 0.25) is 0 Å². The van der Waals surface area contributed by atoms with E-state index in [9.17, 15) is 13.2 Å². The summed E-state index contributed by atoms with van der Waals surface area (Å²) in [4.78, 5) is 0. The zero-order valence-corrected chi connectivity index (χ0v) is 11.3. The molecule has 0 saturated carbocycles. The summed E-state index contributed by atoms with van der Waals surface area (Å²) in [6, 6.07) is 10.6. The van der Waals surface area contributed by atoms with Crippen LogP contribution in [0.1, 0.15) is 5.56 Å². The molecule has 2 rings (SSSR count). The molecule has 0 saturated heterocycles. The van der Waals surface area contributed by atoms with Gasteiger partial charge >= 0.3 is 6.61 Å². The van der Waals surface area contributed by atoms with Crippen molar-refractivity contribution in [2.24, 2.45) is 0 Å². The Kier molecular flexibility index (Phi) is 4.92. The zero-order valence-electron chi connectivity index (χ0n) is 11.3. The number of hydrogen-bond acceptors (Lipinski definition) is 3. The monoisotopic (exact) mass is 297 g/mol. The minimum absolute atomic E-state index is 0.0258. The van der Waals surface area contributed by atoms with E-state index in [-0.39, 0.29) is 18.1 Å². The number of alkyl halides is 2. The lowest BCUT2D eigenvalue weighted by atomic mass is 10.2. The topological polar surface area (TPSA) is 30.5 Å². The fourth-order valence-corrected chi connectivity index (χ4v) is 1.81. The van der Waals surface area contributed by atoms with Crippen molar-refractivity contribution in [2.45, 2.75) is 13.2 Å². The lowest BCUT2D eigenvalue weighted by Gasteiger charge is -2.14. The molecule has 6 heteroatoms. The van der Waals surface area contributed by atoms with Gasteiger partial charge in [0.05, 0.1) is 12.8 Å². The van der Waals surface area contributed by atoms with E-state index < -0.39 is 6.61 Å². The van der Waals surface area contributed by atoms with Gasteiger partial charge in [0.1, 0.15) is 17.3 Å². The molecule has 0 aliphatic carbocycles. The summed E-state index contributed by atoms with van der Waals surface area (Å²) in [7, 11) is 1.46. The maximum absolute atomic E-state index is 13.5. The Morgan fingerprint density at radius 3 is 2.57 bits per heavy atom. The van der Waals surface area contributed by atoms with Gasteiger partial charge in [0.2, 0.25) is 0 Å². The SMILES string of the molecule is COc1ccc(OC(F)F)c(NCc2ccccc2F)c1. The Morgan fingerprint density at radius 2 is 1.90 bits per heavy atom. The van der Waals surface area contributed by atoms with E-state index in [2.05, 4.69) is 10.1 Å². The van der Waals surface area contributed by atoms with Gasteiger partial charge < -0.3 is 14.8 Å². The summed E-state index contributed by atoms with van der Waals surface area (Å²) in [6.45, 7) is -2.80. The molecule has 0 aliphatic heterocycles. The van der Waals surface area contributed by atoms with Crippen LogP contribution in [0.4, 0.5) is 18.9 Å². The Labute approximate surface area is 120 Å². The quantitative estimate of drug-likeness (QED) is 0.872. The number of ether oxygens (including phenoxy) is 2. The number of methoxy groups -OCH3 is 1. The molecule has 1 N–H and O–H groups in total. The molecule has 21 heavy (non-hydrogen) atoms. The highest BCUT2D eigenvalue weighted by molar-refractivity contribution is 5.60. The van der Waals surface area contributed by atoms with Crippen LogP contribution in [0, 0.1) is 5.82 Å². The third kappa shape index (κ3) is 4.05. The molecule has 0 unspecified atom stereocenters. The number of rotatable bonds is 6. The van der Waals surface area contributed by atoms with E-state index in [1.165, 1.54) is 31.4 Å². The van der Waals surface area contributed by atoms with Crippen molar-refractivity contribution in [3.05, 3.63) is 53.8 Å². The average molecular weight is 297 g/mol. The number of benzene rings is 2. The smallest absolute Gasteiger partial charge is 0.387 e. The van der Waals surface area contributed by atoms with E-state index in [1.807, 2.05) is 0 Å². The Bertz CT molecular complexity index is 605. The van der Waals surface area contributed by atoms with E-state index in [4.69, 9.17) is 4.74 Å². The van der Waals surface area contributed by atoms with Gasteiger partial charge in [-0.3, -0.25) is 0 Å². The molecule has 0 atom stereocenters. The summed E-state index contributed by atoms with van der Waals surface area (Å²) in [5, 5.41) is 2.87. The van der Waals surface area contributed by atoms with Crippen molar-refractivity contribution >= 4 is 5.69 Å². The van der Waals surface area contributed by atoms with Gasteiger partial charge in [0, 0.05) is 18.2 Å². The van der Waals surface area contributed by atoms with Gasteiger partial charge in [-0.2, -0.15) is 8.78 Å². The van der Waals surface area contributed by atoms with Crippen molar-refractivity contribution in [3.63, 3.8) is 0 Å². The van der Waals surface area contributed by atoms with Gasteiger partial charge in [-0.25, -0.2) is 4.39 Å². The second-order valence-corrected chi connectivity index (χ2v) is 4.19. The number of anilines is 1. The van der Waals surface area contributed by atoms with E-state index in [1.54, 1.807) is 18.2 Å². The molecule has 0 fully saturated rings. The van der Waals surface area contributed by atoms with Crippen molar-refractivity contribution in [1.82, 2.24) is 0 Å². The summed E-state index contributed by atoms with van der Waals surface area (Å²) in [6.07, 6.45) is 0. The Hall–Kier alpha value is -2.37.